The van der Waals surface area contributed by atoms with Crippen molar-refractivity contribution in [2.45, 2.75) is 26.9 Å². The van der Waals surface area contributed by atoms with Gasteiger partial charge in [-0.1, -0.05) is 29.8 Å². The SMILES string of the molecule is CC(Oc1ccc(Br)cc1)C(=O)NCC(C)(C)CN(C)C. The van der Waals surface area contributed by atoms with Gasteiger partial charge in [0.15, 0.2) is 6.10 Å². The van der Waals surface area contributed by atoms with Gasteiger partial charge in [0, 0.05) is 17.6 Å². The zero-order valence-corrected chi connectivity index (χ0v) is 15.0. The summed E-state index contributed by atoms with van der Waals surface area (Å²) in [4.78, 5) is 14.2. The maximum absolute atomic E-state index is 12.1. The van der Waals surface area contributed by atoms with E-state index in [9.17, 15) is 4.79 Å². The minimum Gasteiger partial charge on any atom is -0.481 e. The maximum Gasteiger partial charge on any atom is 0.260 e. The number of hydrogen-bond donors (Lipinski definition) is 1. The molecule has 0 saturated heterocycles. The predicted octanol–water partition coefficient (Wildman–Crippen LogP) is 2.92. The first-order valence-corrected chi connectivity index (χ1v) is 7.83. The number of amides is 1. The van der Waals surface area contributed by atoms with Crippen molar-refractivity contribution in [3.63, 3.8) is 0 Å². The van der Waals surface area contributed by atoms with Crippen LogP contribution in [0.5, 0.6) is 5.75 Å². The smallest absolute Gasteiger partial charge is 0.260 e. The fourth-order valence-corrected chi connectivity index (χ4v) is 2.42. The largest absolute Gasteiger partial charge is 0.481 e. The van der Waals surface area contributed by atoms with Gasteiger partial charge >= 0.3 is 0 Å². The van der Waals surface area contributed by atoms with E-state index in [1.54, 1.807) is 6.92 Å². The maximum atomic E-state index is 12.1. The van der Waals surface area contributed by atoms with Crippen molar-refractivity contribution in [3.05, 3.63) is 28.7 Å². The van der Waals surface area contributed by atoms with Gasteiger partial charge in [0.25, 0.3) is 5.91 Å². The summed E-state index contributed by atoms with van der Waals surface area (Å²) in [5.74, 6) is 0.596. The van der Waals surface area contributed by atoms with Crippen molar-refractivity contribution in [1.82, 2.24) is 10.2 Å². The molecule has 21 heavy (non-hydrogen) atoms. The van der Waals surface area contributed by atoms with Gasteiger partial charge in [0.2, 0.25) is 0 Å². The van der Waals surface area contributed by atoms with Crippen molar-refractivity contribution < 1.29 is 9.53 Å². The second kappa shape index (κ2) is 7.80. The fourth-order valence-electron chi connectivity index (χ4n) is 2.15. The molecule has 0 fully saturated rings. The van der Waals surface area contributed by atoms with E-state index >= 15 is 0 Å². The monoisotopic (exact) mass is 356 g/mol. The minimum atomic E-state index is -0.513. The first-order chi connectivity index (χ1) is 9.69. The molecule has 5 heteroatoms. The van der Waals surface area contributed by atoms with Crippen molar-refractivity contribution in [2.24, 2.45) is 5.41 Å². The molecule has 0 spiro atoms. The van der Waals surface area contributed by atoms with Crippen molar-refractivity contribution >= 4 is 21.8 Å². The fraction of sp³-hybridized carbons (Fsp3) is 0.562. The zero-order chi connectivity index (χ0) is 16.0. The van der Waals surface area contributed by atoms with Gasteiger partial charge < -0.3 is 15.0 Å². The second-order valence-corrected chi connectivity index (χ2v) is 7.25. The van der Waals surface area contributed by atoms with Crippen molar-refractivity contribution in [3.8, 4) is 5.75 Å². The highest BCUT2D eigenvalue weighted by Crippen LogP contribution is 2.18. The van der Waals surface area contributed by atoms with Crippen LogP contribution in [0.3, 0.4) is 0 Å². The molecule has 1 amide bonds. The molecule has 118 valence electrons. The summed E-state index contributed by atoms with van der Waals surface area (Å²) in [5.41, 5.74) is 0.0243. The first-order valence-electron chi connectivity index (χ1n) is 7.04. The Balaban J connectivity index is 2.46. The molecule has 0 saturated carbocycles. The molecule has 0 radical (unpaired) electrons. The number of rotatable bonds is 7. The van der Waals surface area contributed by atoms with E-state index < -0.39 is 6.10 Å². The Morgan fingerprint density at radius 3 is 2.43 bits per heavy atom. The molecule has 0 aliphatic carbocycles. The average Bonchev–Trinajstić information content (AvgIpc) is 2.37. The van der Waals surface area contributed by atoms with E-state index in [0.29, 0.717) is 12.3 Å². The quantitative estimate of drug-likeness (QED) is 0.816. The van der Waals surface area contributed by atoms with Gasteiger partial charge in [-0.25, -0.2) is 0 Å². The average molecular weight is 357 g/mol. The first kappa shape index (κ1) is 18.0. The van der Waals surface area contributed by atoms with E-state index in [4.69, 9.17) is 4.74 Å². The highest BCUT2D eigenvalue weighted by atomic mass is 79.9. The number of carbonyl (C=O) groups is 1. The zero-order valence-electron chi connectivity index (χ0n) is 13.4. The van der Waals surface area contributed by atoms with Crippen molar-refractivity contribution in [1.29, 1.82) is 0 Å². The summed E-state index contributed by atoms with van der Waals surface area (Å²) >= 11 is 3.37. The van der Waals surface area contributed by atoms with E-state index in [0.717, 1.165) is 11.0 Å². The van der Waals surface area contributed by atoms with Crippen molar-refractivity contribution in [2.75, 3.05) is 27.2 Å². The molecule has 1 aromatic rings. The van der Waals surface area contributed by atoms with Gasteiger partial charge in [-0.05, 0) is 50.7 Å². The van der Waals surface area contributed by atoms with E-state index in [1.807, 2.05) is 38.4 Å². The molecule has 1 unspecified atom stereocenters. The van der Waals surface area contributed by atoms with E-state index in [1.165, 1.54) is 0 Å². The summed E-state index contributed by atoms with van der Waals surface area (Å²) in [6.45, 7) is 7.56. The van der Waals surface area contributed by atoms with Crippen LogP contribution < -0.4 is 10.1 Å². The van der Waals surface area contributed by atoms with Gasteiger partial charge in [-0.15, -0.1) is 0 Å². The molecule has 1 atom stereocenters. The number of carbonyl (C=O) groups excluding carboxylic acids is 1. The molecule has 4 nitrogen and oxygen atoms in total. The number of nitrogens with zero attached hydrogens (tertiary/aromatic N) is 1. The van der Waals surface area contributed by atoms with Crippen LogP contribution in [-0.4, -0.2) is 44.1 Å². The Hall–Kier alpha value is -1.07. The van der Waals surface area contributed by atoms with Gasteiger partial charge in [-0.2, -0.15) is 0 Å². The number of benzene rings is 1. The molecule has 1 N–H and O–H groups in total. The van der Waals surface area contributed by atoms with E-state index in [2.05, 4.69) is 40.0 Å². The molecule has 0 bridgehead atoms. The molecule has 1 rings (SSSR count). The summed E-state index contributed by atoms with van der Waals surface area (Å²) in [6.07, 6.45) is -0.513. The highest BCUT2D eigenvalue weighted by Gasteiger charge is 2.22. The van der Waals surface area contributed by atoms with Crippen LogP contribution in [0.1, 0.15) is 20.8 Å². The normalized spacial score (nSPS) is 13.1. The number of hydrogen-bond acceptors (Lipinski definition) is 3. The Kier molecular flexibility index (Phi) is 6.68. The topological polar surface area (TPSA) is 41.6 Å². The third-order valence-corrected chi connectivity index (χ3v) is 3.51. The number of ether oxygens (including phenoxy) is 1. The van der Waals surface area contributed by atoms with Crippen LogP contribution in [0.15, 0.2) is 28.7 Å². The molecule has 0 heterocycles. The standard InChI is InChI=1S/C16H25BrN2O2/c1-12(21-14-8-6-13(17)7-9-14)15(20)18-10-16(2,3)11-19(4)5/h6-9,12H,10-11H2,1-5H3,(H,18,20). The lowest BCUT2D eigenvalue weighted by Gasteiger charge is -2.29. The second-order valence-electron chi connectivity index (χ2n) is 6.33. The lowest BCUT2D eigenvalue weighted by Crippen LogP contribution is -2.44. The number of nitrogens with one attached hydrogen (secondary N) is 1. The molecule has 1 aromatic carbocycles. The minimum absolute atomic E-state index is 0.0243. The predicted molar refractivity (Wildman–Crippen MR) is 89.6 cm³/mol. The summed E-state index contributed by atoms with van der Waals surface area (Å²) in [5, 5.41) is 2.96. The molecule has 0 aliphatic heterocycles. The Morgan fingerprint density at radius 1 is 1.33 bits per heavy atom. The summed E-state index contributed by atoms with van der Waals surface area (Å²) in [7, 11) is 4.06. The Morgan fingerprint density at radius 2 is 1.90 bits per heavy atom. The molecule has 0 aliphatic rings. The molecular weight excluding hydrogens is 332 g/mol. The van der Waals surface area contributed by atoms with Crippen LogP contribution in [0.2, 0.25) is 0 Å². The van der Waals surface area contributed by atoms with Gasteiger partial charge in [-0.3, -0.25) is 4.79 Å². The summed E-state index contributed by atoms with van der Waals surface area (Å²) < 4.78 is 6.62. The van der Waals surface area contributed by atoms with Gasteiger partial charge in [0.1, 0.15) is 5.75 Å². The Bertz CT molecular complexity index is 458. The van der Waals surface area contributed by atoms with Crippen LogP contribution >= 0.6 is 15.9 Å². The highest BCUT2D eigenvalue weighted by molar-refractivity contribution is 9.10. The lowest BCUT2D eigenvalue weighted by atomic mass is 9.93. The van der Waals surface area contributed by atoms with Crippen LogP contribution in [0.25, 0.3) is 0 Å². The third-order valence-electron chi connectivity index (χ3n) is 2.98. The third kappa shape index (κ3) is 6.96. The molecular formula is C16H25BrN2O2. The van der Waals surface area contributed by atoms with Crippen LogP contribution in [0, 0.1) is 5.41 Å². The van der Waals surface area contributed by atoms with Crippen LogP contribution in [-0.2, 0) is 4.79 Å². The summed E-state index contributed by atoms with van der Waals surface area (Å²) in [6, 6.07) is 7.45. The molecule has 0 aromatic heterocycles. The lowest BCUT2D eigenvalue weighted by molar-refractivity contribution is -0.127. The Labute approximate surface area is 136 Å². The van der Waals surface area contributed by atoms with Gasteiger partial charge in [0.05, 0.1) is 0 Å². The van der Waals surface area contributed by atoms with Crippen LogP contribution in [0.4, 0.5) is 0 Å². The number of halogens is 1. The van der Waals surface area contributed by atoms with E-state index in [-0.39, 0.29) is 11.3 Å².